The third-order valence-electron chi connectivity index (χ3n) is 3.95. The highest BCUT2D eigenvalue weighted by atomic mass is 16.5. The van der Waals surface area contributed by atoms with Crippen molar-refractivity contribution in [3.63, 3.8) is 0 Å². The highest BCUT2D eigenvalue weighted by Gasteiger charge is 2.16. The van der Waals surface area contributed by atoms with Crippen molar-refractivity contribution in [2.45, 2.75) is 31.8 Å². The third-order valence-corrected chi connectivity index (χ3v) is 3.95. The molecular formula is C18H19NO3. The number of hydrogen-bond acceptors (Lipinski definition) is 4. The van der Waals surface area contributed by atoms with E-state index in [0.29, 0.717) is 18.4 Å². The Kier molecular flexibility index (Phi) is 4.49. The van der Waals surface area contributed by atoms with Crippen molar-refractivity contribution in [3.8, 4) is 5.75 Å². The van der Waals surface area contributed by atoms with E-state index in [0.717, 1.165) is 30.8 Å². The summed E-state index contributed by atoms with van der Waals surface area (Å²) in [5, 5.41) is 10.3. The number of fused-ring (bicyclic) bond motifs is 1. The van der Waals surface area contributed by atoms with Crippen molar-refractivity contribution < 1.29 is 14.6 Å². The summed E-state index contributed by atoms with van der Waals surface area (Å²) in [4.78, 5) is 16.0. The number of benzene rings is 1. The standard InChI is InChI=1S/C18H19NO3/c20-16(7-8-17(21)15-3-1-9-19-12-15)14-6-5-13-4-2-10-22-18(13)11-14/h1,3,5-6,9,11-12,16,20H,2,4,7-8,10H2. The van der Waals surface area contributed by atoms with Gasteiger partial charge in [0.2, 0.25) is 0 Å². The van der Waals surface area contributed by atoms with Crippen LogP contribution in [0.5, 0.6) is 5.75 Å². The number of hydrogen-bond donors (Lipinski definition) is 1. The monoisotopic (exact) mass is 297 g/mol. The Labute approximate surface area is 129 Å². The van der Waals surface area contributed by atoms with Gasteiger partial charge in [-0.05, 0) is 48.6 Å². The second kappa shape index (κ2) is 6.71. The molecule has 0 fully saturated rings. The van der Waals surface area contributed by atoms with E-state index < -0.39 is 6.10 Å². The molecule has 4 nitrogen and oxygen atoms in total. The summed E-state index contributed by atoms with van der Waals surface area (Å²) in [5.74, 6) is 0.864. The molecule has 0 saturated heterocycles. The van der Waals surface area contributed by atoms with Gasteiger partial charge in [0.05, 0.1) is 12.7 Å². The minimum Gasteiger partial charge on any atom is -0.493 e. The molecule has 1 unspecified atom stereocenters. The van der Waals surface area contributed by atoms with E-state index >= 15 is 0 Å². The van der Waals surface area contributed by atoms with Crippen LogP contribution in [0.3, 0.4) is 0 Å². The molecule has 1 atom stereocenters. The van der Waals surface area contributed by atoms with Crippen LogP contribution < -0.4 is 4.74 Å². The number of Topliss-reactive ketones (excluding diaryl/α,β-unsaturated/α-hetero) is 1. The van der Waals surface area contributed by atoms with E-state index in [4.69, 9.17) is 4.74 Å². The lowest BCUT2D eigenvalue weighted by Gasteiger charge is -2.19. The highest BCUT2D eigenvalue weighted by Crippen LogP contribution is 2.29. The van der Waals surface area contributed by atoms with E-state index in [1.54, 1.807) is 24.5 Å². The van der Waals surface area contributed by atoms with Crippen LogP contribution in [0.2, 0.25) is 0 Å². The molecule has 0 aliphatic carbocycles. The number of rotatable bonds is 5. The number of carbonyl (C=O) groups excluding carboxylic acids is 1. The first-order chi connectivity index (χ1) is 10.7. The first-order valence-corrected chi connectivity index (χ1v) is 7.61. The maximum Gasteiger partial charge on any atom is 0.164 e. The fourth-order valence-electron chi connectivity index (χ4n) is 2.67. The molecule has 3 rings (SSSR count). The molecule has 0 amide bonds. The summed E-state index contributed by atoms with van der Waals surface area (Å²) in [7, 11) is 0. The number of aryl methyl sites for hydroxylation is 1. The summed E-state index contributed by atoms with van der Waals surface area (Å²) >= 11 is 0. The van der Waals surface area contributed by atoms with Crippen molar-refractivity contribution in [1.82, 2.24) is 4.98 Å². The minimum absolute atomic E-state index is 0.00126. The van der Waals surface area contributed by atoms with Crippen LogP contribution >= 0.6 is 0 Å². The van der Waals surface area contributed by atoms with Crippen LogP contribution in [-0.4, -0.2) is 22.5 Å². The second-order valence-corrected chi connectivity index (χ2v) is 5.54. The maximum atomic E-state index is 12.0. The SMILES string of the molecule is O=C(CCC(O)c1ccc2c(c1)OCCC2)c1cccnc1. The van der Waals surface area contributed by atoms with Crippen LogP contribution in [0.4, 0.5) is 0 Å². The first kappa shape index (κ1) is 14.7. The number of aromatic nitrogens is 1. The number of carbonyl (C=O) groups is 1. The molecular weight excluding hydrogens is 278 g/mol. The van der Waals surface area contributed by atoms with Gasteiger partial charge in [0.1, 0.15) is 5.75 Å². The van der Waals surface area contributed by atoms with Gasteiger partial charge in [-0.1, -0.05) is 12.1 Å². The molecule has 1 N–H and O–H groups in total. The van der Waals surface area contributed by atoms with Crippen LogP contribution in [-0.2, 0) is 6.42 Å². The zero-order valence-corrected chi connectivity index (χ0v) is 12.4. The van der Waals surface area contributed by atoms with Crippen LogP contribution in [0.1, 0.15) is 46.9 Å². The summed E-state index contributed by atoms with van der Waals surface area (Å²) < 4.78 is 5.62. The van der Waals surface area contributed by atoms with Gasteiger partial charge in [-0.15, -0.1) is 0 Å². The van der Waals surface area contributed by atoms with Gasteiger partial charge < -0.3 is 9.84 Å². The Morgan fingerprint density at radius 3 is 3.09 bits per heavy atom. The molecule has 114 valence electrons. The van der Waals surface area contributed by atoms with Crippen LogP contribution in [0, 0.1) is 0 Å². The second-order valence-electron chi connectivity index (χ2n) is 5.54. The Balaban J connectivity index is 1.62. The Bertz CT molecular complexity index is 655. The first-order valence-electron chi connectivity index (χ1n) is 7.61. The van der Waals surface area contributed by atoms with Crippen molar-refractivity contribution >= 4 is 5.78 Å². The fourth-order valence-corrected chi connectivity index (χ4v) is 2.67. The minimum atomic E-state index is -0.656. The van der Waals surface area contributed by atoms with Crippen LogP contribution in [0.25, 0.3) is 0 Å². The third kappa shape index (κ3) is 3.34. The van der Waals surface area contributed by atoms with Crippen LogP contribution in [0.15, 0.2) is 42.7 Å². The molecule has 1 aliphatic rings. The topological polar surface area (TPSA) is 59.4 Å². The zero-order valence-electron chi connectivity index (χ0n) is 12.4. The molecule has 2 heterocycles. The lowest BCUT2D eigenvalue weighted by atomic mass is 9.98. The van der Waals surface area contributed by atoms with E-state index in [-0.39, 0.29) is 5.78 Å². The number of ether oxygens (including phenoxy) is 1. The quantitative estimate of drug-likeness (QED) is 0.862. The Morgan fingerprint density at radius 1 is 1.36 bits per heavy atom. The molecule has 4 heteroatoms. The molecule has 0 radical (unpaired) electrons. The maximum absolute atomic E-state index is 12.0. The van der Waals surface area contributed by atoms with E-state index in [1.165, 1.54) is 5.56 Å². The van der Waals surface area contributed by atoms with E-state index in [1.807, 2.05) is 18.2 Å². The molecule has 0 spiro atoms. The summed E-state index contributed by atoms with van der Waals surface area (Å²) in [6.45, 7) is 0.728. The molecule has 1 aliphatic heterocycles. The summed E-state index contributed by atoms with van der Waals surface area (Å²) in [6, 6.07) is 9.31. The number of nitrogens with zero attached hydrogens (tertiary/aromatic N) is 1. The van der Waals surface area contributed by atoms with Gasteiger partial charge in [-0.3, -0.25) is 9.78 Å². The number of aliphatic hydroxyl groups excluding tert-OH is 1. The van der Waals surface area contributed by atoms with Crippen molar-refractivity contribution in [1.29, 1.82) is 0 Å². The molecule has 0 bridgehead atoms. The van der Waals surface area contributed by atoms with Gasteiger partial charge in [-0.2, -0.15) is 0 Å². The summed E-state index contributed by atoms with van der Waals surface area (Å²) in [5.41, 5.74) is 2.58. The number of pyridine rings is 1. The Hall–Kier alpha value is -2.20. The largest absolute Gasteiger partial charge is 0.493 e. The summed E-state index contributed by atoms with van der Waals surface area (Å²) in [6.07, 6.45) is 5.29. The lowest BCUT2D eigenvalue weighted by Crippen LogP contribution is -2.10. The van der Waals surface area contributed by atoms with Gasteiger partial charge in [0, 0.05) is 24.4 Å². The fraction of sp³-hybridized carbons (Fsp3) is 0.333. The average molecular weight is 297 g/mol. The van der Waals surface area contributed by atoms with Crippen molar-refractivity contribution in [3.05, 3.63) is 59.4 Å². The smallest absolute Gasteiger partial charge is 0.164 e. The zero-order chi connectivity index (χ0) is 15.4. The van der Waals surface area contributed by atoms with E-state index in [9.17, 15) is 9.90 Å². The van der Waals surface area contributed by atoms with Crippen molar-refractivity contribution in [2.24, 2.45) is 0 Å². The molecule has 1 aromatic heterocycles. The van der Waals surface area contributed by atoms with Crippen molar-refractivity contribution in [2.75, 3.05) is 6.61 Å². The van der Waals surface area contributed by atoms with Gasteiger partial charge in [0.15, 0.2) is 5.78 Å². The molecule has 0 saturated carbocycles. The lowest BCUT2D eigenvalue weighted by molar-refractivity contribution is 0.0940. The van der Waals surface area contributed by atoms with E-state index in [2.05, 4.69) is 4.98 Å². The molecule has 1 aromatic carbocycles. The highest BCUT2D eigenvalue weighted by molar-refractivity contribution is 5.95. The predicted octanol–water partition coefficient (Wildman–Crippen LogP) is 3.10. The molecule has 2 aromatic rings. The van der Waals surface area contributed by atoms with Gasteiger partial charge >= 0.3 is 0 Å². The number of aliphatic hydroxyl groups is 1. The predicted molar refractivity (Wildman–Crippen MR) is 83.0 cm³/mol. The average Bonchev–Trinajstić information content (AvgIpc) is 2.59. The van der Waals surface area contributed by atoms with Gasteiger partial charge in [0.25, 0.3) is 0 Å². The number of ketones is 1. The Morgan fingerprint density at radius 2 is 2.27 bits per heavy atom. The molecule has 22 heavy (non-hydrogen) atoms. The van der Waals surface area contributed by atoms with Gasteiger partial charge in [-0.25, -0.2) is 0 Å². The normalized spacial score (nSPS) is 14.8.